The molecule has 0 spiro atoms. The van der Waals surface area contributed by atoms with E-state index in [0.717, 1.165) is 22.2 Å². The van der Waals surface area contributed by atoms with Crippen LogP contribution in [0.25, 0.3) is 0 Å². The monoisotopic (exact) mass is 442 g/mol. The first-order valence-corrected chi connectivity index (χ1v) is 11.5. The Morgan fingerprint density at radius 2 is 1.97 bits per heavy atom. The highest BCUT2D eigenvalue weighted by Crippen LogP contribution is 2.31. The Kier molecular flexibility index (Phi) is 8.10. The molecular formula is C22H26N4O2S2. The second-order valence-electron chi connectivity index (χ2n) is 6.75. The molecule has 6 nitrogen and oxygen atoms in total. The number of carbonyl (C=O) groups is 1. The fourth-order valence-electron chi connectivity index (χ4n) is 2.93. The lowest BCUT2D eigenvalue weighted by Crippen LogP contribution is -2.34. The average molecular weight is 443 g/mol. The van der Waals surface area contributed by atoms with Crippen molar-refractivity contribution < 1.29 is 9.53 Å². The second-order valence-corrected chi connectivity index (χ2v) is 9.32. The fourth-order valence-corrected chi connectivity index (χ4v) is 4.87. The van der Waals surface area contributed by atoms with Crippen LogP contribution in [0, 0.1) is 0 Å². The fraction of sp³-hybridized carbons (Fsp3) is 0.318. The average Bonchev–Trinajstić information content (AvgIpc) is 3.21. The number of nitrogens with zero attached hydrogens (tertiary/aromatic N) is 2. The van der Waals surface area contributed by atoms with E-state index in [4.69, 9.17) is 4.74 Å². The summed E-state index contributed by atoms with van der Waals surface area (Å²) in [4.78, 5) is 12.6. The van der Waals surface area contributed by atoms with Gasteiger partial charge >= 0.3 is 0 Å². The second kappa shape index (κ2) is 11.0. The normalized spacial score (nSPS) is 12.8. The number of ether oxygens (including phenoxy) is 1. The number of methoxy groups -OCH3 is 1. The van der Waals surface area contributed by atoms with Crippen LogP contribution in [-0.4, -0.2) is 35.0 Å². The van der Waals surface area contributed by atoms with Crippen molar-refractivity contribution in [1.29, 1.82) is 0 Å². The lowest BCUT2D eigenvalue weighted by Gasteiger charge is -2.17. The largest absolute Gasteiger partial charge is 0.497 e. The molecule has 3 rings (SSSR count). The molecule has 0 radical (unpaired) electrons. The Morgan fingerprint density at radius 1 is 1.17 bits per heavy atom. The van der Waals surface area contributed by atoms with E-state index < -0.39 is 0 Å². The van der Waals surface area contributed by atoms with Gasteiger partial charge < -0.3 is 15.4 Å². The number of amides is 1. The van der Waals surface area contributed by atoms with E-state index in [9.17, 15) is 4.79 Å². The Morgan fingerprint density at radius 3 is 2.70 bits per heavy atom. The Labute approximate surface area is 185 Å². The number of thioether (sulfide) groups is 1. The topological polar surface area (TPSA) is 76.1 Å². The van der Waals surface area contributed by atoms with Crippen LogP contribution in [-0.2, 0) is 4.79 Å². The Balaban J connectivity index is 1.51. The zero-order valence-corrected chi connectivity index (χ0v) is 18.9. The summed E-state index contributed by atoms with van der Waals surface area (Å²) in [6.07, 6.45) is 0.974. The lowest BCUT2D eigenvalue weighted by molar-refractivity contribution is -0.120. The highest BCUT2D eigenvalue weighted by Gasteiger charge is 2.19. The maximum atomic E-state index is 12.6. The molecule has 8 heteroatoms. The van der Waals surface area contributed by atoms with E-state index in [-0.39, 0.29) is 11.2 Å². The maximum Gasteiger partial charge on any atom is 0.233 e. The number of anilines is 2. The first-order chi connectivity index (χ1) is 14.6. The molecule has 2 atom stereocenters. The molecule has 2 unspecified atom stereocenters. The molecule has 1 amide bonds. The molecule has 0 bridgehead atoms. The summed E-state index contributed by atoms with van der Waals surface area (Å²) in [5, 5.41) is 15.1. The van der Waals surface area contributed by atoms with Crippen LogP contribution in [0.2, 0.25) is 0 Å². The molecule has 2 aromatic carbocycles. The predicted molar refractivity (Wildman–Crippen MR) is 124 cm³/mol. The van der Waals surface area contributed by atoms with Gasteiger partial charge in [-0.1, -0.05) is 66.4 Å². The maximum absolute atomic E-state index is 12.6. The third-order valence-corrected chi connectivity index (χ3v) is 6.68. The van der Waals surface area contributed by atoms with E-state index in [1.165, 1.54) is 28.7 Å². The predicted octanol–water partition coefficient (Wildman–Crippen LogP) is 5.08. The molecular weight excluding hydrogens is 416 g/mol. The van der Waals surface area contributed by atoms with Gasteiger partial charge in [0, 0.05) is 24.2 Å². The van der Waals surface area contributed by atoms with Crippen LogP contribution in [0.4, 0.5) is 10.8 Å². The zero-order chi connectivity index (χ0) is 21.3. The van der Waals surface area contributed by atoms with Gasteiger partial charge in [0.1, 0.15) is 5.75 Å². The molecule has 0 saturated carbocycles. The van der Waals surface area contributed by atoms with Crippen molar-refractivity contribution in [2.75, 3.05) is 19.0 Å². The van der Waals surface area contributed by atoms with E-state index in [1.807, 2.05) is 49.4 Å². The van der Waals surface area contributed by atoms with Gasteiger partial charge in [0.2, 0.25) is 11.0 Å². The molecule has 3 aromatic rings. The smallest absolute Gasteiger partial charge is 0.233 e. The van der Waals surface area contributed by atoms with Gasteiger partial charge in [0.05, 0.1) is 12.4 Å². The number of nitrogens with one attached hydrogen (secondary N) is 2. The Bertz CT molecular complexity index is 949. The molecule has 0 saturated heterocycles. The highest BCUT2D eigenvalue weighted by molar-refractivity contribution is 8.02. The molecule has 0 aliphatic rings. The van der Waals surface area contributed by atoms with Crippen molar-refractivity contribution in [3.05, 3.63) is 60.2 Å². The molecule has 1 heterocycles. The van der Waals surface area contributed by atoms with Crippen molar-refractivity contribution >= 4 is 39.8 Å². The van der Waals surface area contributed by atoms with Crippen LogP contribution in [0.3, 0.4) is 0 Å². The van der Waals surface area contributed by atoms with E-state index >= 15 is 0 Å². The summed E-state index contributed by atoms with van der Waals surface area (Å²) in [6.45, 7) is 4.66. The van der Waals surface area contributed by atoms with Gasteiger partial charge in [-0.25, -0.2) is 0 Å². The van der Waals surface area contributed by atoms with Crippen LogP contribution >= 0.6 is 23.1 Å². The van der Waals surface area contributed by atoms with Gasteiger partial charge in [-0.15, -0.1) is 10.2 Å². The zero-order valence-electron chi connectivity index (χ0n) is 17.3. The Hall–Kier alpha value is -2.58. The number of benzene rings is 2. The highest BCUT2D eigenvalue weighted by atomic mass is 32.2. The van der Waals surface area contributed by atoms with Crippen molar-refractivity contribution in [3.8, 4) is 5.75 Å². The number of carbonyl (C=O) groups excluding carboxylic acids is 1. The molecule has 30 heavy (non-hydrogen) atoms. The van der Waals surface area contributed by atoms with Gasteiger partial charge in [-0.05, 0) is 31.0 Å². The van der Waals surface area contributed by atoms with E-state index in [0.29, 0.717) is 17.6 Å². The van der Waals surface area contributed by atoms with Crippen LogP contribution in [0.15, 0.2) is 58.9 Å². The standard InChI is InChI=1S/C22H26N4O2S2/c1-4-16(17-9-6-5-7-10-17)14-23-20(27)15(2)29-22-26-25-21(30-22)24-18-11-8-12-19(13-18)28-3/h5-13,15-16H,4,14H2,1-3H3,(H,23,27)(H,24,25). The van der Waals surface area contributed by atoms with Gasteiger partial charge in [-0.2, -0.15) is 0 Å². The van der Waals surface area contributed by atoms with E-state index in [1.54, 1.807) is 7.11 Å². The number of hydrogen-bond donors (Lipinski definition) is 2. The molecule has 2 N–H and O–H groups in total. The van der Waals surface area contributed by atoms with Gasteiger partial charge in [0.15, 0.2) is 4.34 Å². The van der Waals surface area contributed by atoms with E-state index in [2.05, 4.69) is 39.9 Å². The van der Waals surface area contributed by atoms with Crippen molar-refractivity contribution in [3.63, 3.8) is 0 Å². The summed E-state index contributed by atoms with van der Waals surface area (Å²) in [5.41, 5.74) is 2.12. The lowest BCUT2D eigenvalue weighted by atomic mass is 9.96. The number of hydrogen-bond acceptors (Lipinski definition) is 7. The summed E-state index contributed by atoms with van der Waals surface area (Å²) in [7, 11) is 1.63. The number of aromatic nitrogens is 2. The third-order valence-electron chi connectivity index (χ3n) is 4.66. The quantitative estimate of drug-likeness (QED) is 0.427. The third kappa shape index (κ3) is 6.21. The van der Waals surface area contributed by atoms with Crippen molar-refractivity contribution in [1.82, 2.24) is 15.5 Å². The van der Waals surface area contributed by atoms with Gasteiger partial charge in [-0.3, -0.25) is 4.79 Å². The minimum Gasteiger partial charge on any atom is -0.497 e. The molecule has 158 valence electrons. The van der Waals surface area contributed by atoms with Crippen molar-refractivity contribution in [2.45, 2.75) is 35.8 Å². The molecule has 0 aliphatic carbocycles. The van der Waals surface area contributed by atoms with Crippen molar-refractivity contribution in [2.24, 2.45) is 0 Å². The van der Waals surface area contributed by atoms with Gasteiger partial charge in [0.25, 0.3) is 0 Å². The first-order valence-electron chi connectivity index (χ1n) is 9.83. The molecule has 0 aliphatic heterocycles. The van der Waals surface area contributed by atoms with Crippen LogP contribution < -0.4 is 15.4 Å². The van der Waals surface area contributed by atoms with Crippen LogP contribution in [0.5, 0.6) is 5.75 Å². The van der Waals surface area contributed by atoms with Crippen LogP contribution in [0.1, 0.15) is 31.7 Å². The summed E-state index contributed by atoms with van der Waals surface area (Å²) in [5.74, 6) is 1.09. The first kappa shape index (κ1) is 22.1. The minimum atomic E-state index is -0.254. The summed E-state index contributed by atoms with van der Waals surface area (Å²) in [6, 6.07) is 17.9. The molecule has 1 aromatic heterocycles. The minimum absolute atomic E-state index is 0.00638. The number of rotatable bonds is 10. The summed E-state index contributed by atoms with van der Waals surface area (Å²) >= 11 is 2.84. The summed E-state index contributed by atoms with van der Waals surface area (Å²) < 4.78 is 5.98. The molecule has 0 fully saturated rings. The SMILES string of the molecule is CCC(CNC(=O)C(C)Sc1nnc(Nc2cccc(OC)c2)s1)c1ccccc1.